The fourth-order valence-corrected chi connectivity index (χ4v) is 2.07. The minimum absolute atomic E-state index is 0.347. The maximum atomic E-state index is 11.7. The molecule has 2 N–H and O–H groups in total. The van der Waals surface area contributed by atoms with E-state index in [9.17, 15) is 4.79 Å². The van der Waals surface area contributed by atoms with Crippen LogP contribution in [0.1, 0.15) is 36.0 Å². The van der Waals surface area contributed by atoms with Crippen molar-refractivity contribution in [2.75, 3.05) is 12.3 Å². The molecule has 0 bridgehead atoms. The molecule has 0 aromatic heterocycles. The topological polar surface area (TPSA) is 52.3 Å². The van der Waals surface area contributed by atoms with Gasteiger partial charge in [-0.2, -0.15) is 0 Å². The van der Waals surface area contributed by atoms with Crippen LogP contribution in [0.2, 0.25) is 5.02 Å². The Morgan fingerprint density at radius 1 is 1.47 bits per heavy atom. The first-order valence-electron chi connectivity index (χ1n) is 5.89. The lowest BCUT2D eigenvalue weighted by Gasteiger charge is -2.24. The highest BCUT2D eigenvalue weighted by Gasteiger charge is 2.18. The molecule has 17 heavy (non-hydrogen) atoms. The second-order valence-corrected chi connectivity index (χ2v) is 4.87. The van der Waals surface area contributed by atoms with E-state index in [0.29, 0.717) is 22.9 Å². The molecule has 0 radical (unpaired) electrons. The fraction of sp³-hybridized carbons (Fsp3) is 0.462. The lowest BCUT2D eigenvalue weighted by Crippen LogP contribution is -2.15. The van der Waals surface area contributed by atoms with Gasteiger partial charge in [0.2, 0.25) is 0 Å². The Kier molecular flexibility index (Phi) is 3.89. The van der Waals surface area contributed by atoms with Crippen LogP contribution in [0.5, 0.6) is 0 Å². The largest absolute Gasteiger partial charge is 0.462 e. The molecule has 0 heterocycles. The molecule has 1 fully saturated rings. The van der Waals surface area contributed by atoms with Crippen LogP contribution >= 0.6 is 11.6 Å². The summed E-state index contributed by atoms with van der Waals surface area (Å²) in [4.78, 5) is 11.7. The normalized spacial score (nSPS) is 15.4. The van der Waals surface area contributed by atoms with E-state index in [1.165, 1.54) is 19.3 Å². The van der Waals surface area contributed by atoms with Crippen molar-refractivity contribution in [3.8, 4) is 0 Å². The minimum atomic E-state index is -0.387. The van der Waals surface area contributed by atoms with Crippen LogP contribution in [0.3, 0.4) is 0 Å². The van der Waals surface area contributed by atoms with Gasteiger partial charge in [0, 0.05) is 5.69 Å². The average molecular weight is 254 g/mol. The predicted octanol–water partition coefficient (Wildman–Crippen LogP) is 3.27. The van der Waals surface area contributed by atoms with Gasteiger partial charge < -0.3 is 10.5 Å². The van der Waals surface area contributed by atoms with E-state index in [4.69, 9.17) is 22.1 Å². The third kappa shape index (κ3) is 3.13. The lowest BCUT2D eigenvalue weighted by molar-refractivity contribution is 0.0464. The first kappa shape index (κ1) is 12.2. The standard InChI is InChI=1S/C13H16ClNO2/c14-12-5-4-10(15)8-11(12)13(16)17-7-6-9-2-1-3-9/h4-5,8-9H,1-3,6-7,15H2. The smallest absolute Gasteiger partial charge is 0.339 e. The van der Waals surface area contributed by atoms with Crippen molar-refractivity contribution >= 4 is 23.3 Å². The summed E-state index contributed by atoms with van der Waals surface area (Å²) in [7, 11) is 0. The third-order valence-corrected chi connectivity index (χ3v) is 3.52. The van der Waals surface area contributed by atoms with E-state index < -0.39 is 0 Å². The van der Waals surface area contributed by atoms with Crippen LogP contribution in [0.4, 0.5) is 5.69 Å². The molecule has 0 atom stereocenters. The van der Waals surface area contributed by atoms with Crippen molar-refractivity contribution < 1.29 is 9.53 Å². The summed E-state index contributed by atoms with van der Waals surface area (Å²) in [5.74, 6) is 0.348. The van der Waals surface area contributed by atoms with E-state index in [-0.39, 0.29) is 5.97 Å². The van der Waals surface area contributed by atoms with Crippen molar-refractivity contribution in [2.24, 2.45) is 5.92 Å². The Hall–Kier alpha value is -1.22. The maximum absolute atomic E-state index is 11.7. The van der Waals surface area contributed by atoms with Gasteiger partial charge in [0.05, 0.1) is 17.2 Å². The van der Waals surface area contributed by atoms with E-state index in [1.807, 2.05) is 0 Å². The molecule has 92 valence electrons. The third-order valence-electron chi connectivity index (χ3n) is 3.19. The van der Waals surface area contributed by atoms with E-state index >= 15 is 0 Å². The van der Waals surface area contributed by atoms with Crippen molar-refractivity contribution in [2.45, 2.75) is 25.7 Å². The van der Waals surface area contributed by atoms with Crippen molar-refractivity contribution in [3.63, 3.8) is 0 Å². The van der Waals surface area contributed by atoms with Crippen LogP contribution in [-0.4, -0.2) is 12.6 Å². The number of anilines is 1. The summed E-state index contributed by atoms with van der Waals surface area (Å²) in [6.45, 7) is 0.467. The monoisotopic (exact) mass is 253 g/mol. The zero-order valence-corrected chi connectivity index (χ0v) is 10.4. The maximum Gasteiger partial charge on any atom is 0.339 e. The van der Waals surface area contributed by atoms with Gasteiger partial charge in [-0.1, -0.05) is 30.9 Å². The Morgan fingerprint density at radius 3 is 2.88 bits per heavy atom. The molecule has 1 aliphatic rings. The fourth-order valence-electron chi connectivity index (χ4n) is 1.88. The molecule has 1 aliphatic carbocycles. The molecular weight excluding hydrogens is 238 g/mol. The SMILES string of the molecule is Nc1ccc(Cl)c(C(=O)OCCC2CCC2)c1. The number of hydrogen-bond acceptors (Lipinski definition) is 3. The summed E-state index contributed by atoms with van der Waals surface area (Å²) in [5, 5.41) is 0.382. The molecule has 0 aliphatic heterocycles. The Balaban J connectivity index is 1.87. The molecule has 0 saturated heterocycles. The second-order valence-electron chi connectivity index (χ2n) is 4.46. The number of esters is 1. The number of carbonyl (C=O) groups excluding carboxylic acids is 1. The van der Waals surface area contributed by atoms with Gasteiger partial charge in [0.25, 0.3) is 0 Å². The number of rotatable bonds is 4. The summed E-state index contributed by atoms with van der Waals surface area (Å²) in [5.41, 5.74) is 6.47. The van der Waals surface area contributed by atoms with Crippen LogP contribution in [0.15, 0.2) is 18.2 Å². The molecule has 1 aromatic carbocycles. The average Bonchev–Trinajstić information content (AvgIpc) is 2.25. The number of halogens is 1. The van der Waals surface area contributed by atoms with Gasteiger partial charge in [0.15, 0.2) is 0 Å². The number of carbonyl (C=O) groups is 1. The Bertz CT molecular complexity index is 416. The molecule has 0 spiro atoms. The Labute approximate surface area is 106 Å². The zero-order valence-electron chi connectivity index (χ0n) is 9.62. The predicted molar refractivity (Wildman–Crippen MR) is 68.1 cm³/mol. The molecular formula is C13H16ClNO2. The number of nitrogen functional groups attached to an aromatic ring is 1. The van der Waals surface area contributed by atoms with Gasteiger partial charge in [0.1, 0.15) is 0 Å². The van der Waals surface area contributed by atoms with Gasteiger partial charge in [-0.3, -0.25) is 0 Å². The molecule has 0 amide bonds. The van der Waals surface area contributed by atoms with E-state index in [1.54, 1.807) is 18.2 Å². The highest BCUT2D eigenvalue weighted by Crippen LogP contribution is 2.29. The quantitative estimate of drug-likeness (QED) is 0.662. The first-order chi connectivity index (χ1) is 8.16. The molecule has 3 nitrogen and oxygen atoms in total. The molecule has 2 rings (SSSR count). The van der Waals surface area contributed by atoms with Crippen molar-refractivity contribution in [3.05, 3.63) is 28.8 Å². The number of benzene rings is 1. The number of ether oxygens (including phenoxy) is 1. The molecule has 0 unspecified atom stereocenters. The highest BCUT2D eigenvalue weighted by molar-refractivity contribution is 6.33. The van der Waals surface area contributed by atoms with E-state index in [0.717, 1.165) is 12.3 Å². The van der Waals surface area contributed by atoms with Crippen LogP contribution in [0, 0.1) is 5.92 Å². The zero-order chi connectivity index (χ0) is 12.3. The van der Waals surface area contributed by atoms with E-state index in [2.05, 4.69) is 0 Å². The Morgan fingerprint density at radius 2 is 2.24 bits per heavy atom. The van der Waals surface area contributed by atoms with Crippen LogP contribution in [-0.2, 0) is 4.74 Å². The summed E-state index contributed by atoms with van der Waals surface area (Å²) in [6.07, 6.45) is 4.78. The summed E-state index contributed by atoms with van der Waals surface area (Å²) in [6, 6.07) is 4.82. The van der Waals surface area contributed by atoms with Crippen LogP contribution in [0.25, 0.3) is 0 Å². The molecule has 1 aromatic rings. The number of hydrogen-bond donors (Lipinski definition) is 1. The number of nitrogens with two attached hydrogens (primary N) is 1. The highest BCUT2D eigenvalue weighted by atomic mass is 35.5. The van der Waals surface area contributed by atoms with Gasteiger partial charge in [-0.15, -0.1) is 0 Å². The molecule has 4 heteroatoms. The summed E-state index contributed by atoms with van der Waals surface area (Å²) < 4.78 is 5.19. The summed E-state index contributed by atoms with van der Waals surface area (Å²) >= 11 is 5.91. The second kappa shape index (κ2) is 5.41. The lowest BCUT2D eigenvalue weighted by atomic mass is 9.83. The van der Waals surface area contributed by atoms with Crippen molar-refractivity contribution in [1.29, 1.82) is 0 Å². The van der Waals surface area contributed by atoms with Crippen molar-refractivity contribution in [1.82, 2.24) is 0 Å². The van der Waals surface area contributed by atoms with Gasteiger partial charge in [-0.25, -0.2) is 4.79 Å². The first-order valence-corrected chi connectivity index (χ1v) is 6.27. The minimum Gasteiger partial charge on any atom is -0.462 e. The molecule has 1 saturated carbocycles. The van der Waals surface area contributed by atoms with Gasteiger partial charge >= 0.3 is 5.97 Å². The van der Waals surface area contributed by atoms with Gasteiger partial charge in [-0.05, 0) is 30.5 Å². The van der Waals surface area contributed by atoms with Crippen LogP contribution < -0.4 is 5.73 Å².